The van der Waals surface area contributed by atoms with E-state index in [1.54, 1.807) is 23.3 Å². The van der Waals surface area contributed by atoms with Crippen molar-refractivity contribution in [1.29, 1.82) is 0 Å². The summed E-state index contributed by atoms with van der Waals surface area (Å²) in [6.07, 6.45) is 5.06. The number of hydrogen-bond donors (Lipinski definition) is 1. The first-order valence-electron chi connectivity index (χ1n) is 3.67. The van der Waals surface area contributed by atoms with Gasteiger partial charge in [-0.2, -0.15) is 0 Å². The van der Waals surface area contributed by atoms with Crippen LogP contribution in [0.4, 0.5) is 5.82 Å². The summed E-state index contributed by atoms with van der Waals surface area (Å²) in [5.41, 5.74) is 5.48. The highest BCUT2D eigenvalue weighted by molar-refractivity contribution is 9.10. The largest absolute Gasteiger partial charge is 0.382 e. The molecule has 0 radical (unpaired) electrons. The first-order valence-corrected chi connectivity index (χ1v) is 4.46. The van der Waals surface area contributed by atoms with Gasteiger partial charge in [0.25, 0.3) is 0 Å². The zero-order valence-corrected chi connectivity index (χ0v) is 8.27. The summed E-state index contributed by atoms with van der Waals surface area (Å²) in [5, 5.41) is 0. The van der Waals surface area contributed by atoms with E-state index in [0.717, 1.165) is 10.3 Å². The van der Waals surface area contributed by atoms with Gasteiger partial charge in [0, 0.05) is 10.7 Å². The van der Waals surface area contributed by atoms with Crippen molar-refractivity contribution < 1.29 is 0 Å². The van der Waals surface area contributed by atoms with Crippen LogP contribution in [-0.4, -0.2) is 14.5 Å². The van der Waals surface area contributed by atoms with Crippen LogP contribution in [0.5, 0.6) is 0 Å². The van der Waals surface area contributed by atoms with E-state index in [2.05, 4.69) is 25.9 Å². The highest BCUT2D eigenvalue weighted by atomic mass is 79.9. The third kappa shape index (κ3) is 1.70. The fourth-order valence-electron chi connectivity index (χ4n) is 0.998. The topological polar surface area (TPSA) is 56.7 Å². The summed E-state index contributed by atoms with van der Waals surface area (Å²) >= 11 is 3.36. The lowest BCUT2D eigenvalue weighted by Gasteiger charge is -1.99. The summed E-state index contributed by atoms with van der Waals surface area (Å²) in [6, 6.07) is 3.75. The molecule has 2 aromatic rings. The molecule has 4 nitrogen and oxygen atoms in total. The van der Waals surface area contributed by atoms with Crippen LogP contribution in [0.3, 0.4) is 0 Å². The first-order chi connectivity index (χ1) is 6.25. The highest BCUT2D eigenvalue weighted by Crippen LogP contribution is 2.13. The molecule has 2 aromatic heterocycles. The molecule has 0 saturated heterocycles. The van der Waals surface area contributed by atoms with Gasteiger partial charge in [0.05, 0.1) is 6.20 Å². The van der Waals surface area contributed by atoms with Crippen molar-refractivity contribution in [3.63, 3.8) is 0 Å². The van der Waals surface area contributed by atoms with Crippen molar-refractivity contribution in [2.75, 3.05) is 5.73 Å². The molecule has 0 aliphatic rings. The van der Waals surface area contributed by atoms with Crippen LogP contribution in [-0.2, 0) is 0 Å². The number of anilines is 1. The van der Waals surface area contributed by atoms with Crippen LogP contribution in [0.15, 0.2) is 35.3 Å². The Morgan fingerprint density at radius 1 is 1.38 bits per heavy atom. The van der Waals surface area contributed by atoms with Gasteiger partial charge >= 0.3 is 0 Å². The minimum Gasteiger partial charge on any atom is -0.382 e. The second-order valence-corrected chi connectivity index (χ2v) is 3.45. The van der Waals surface area contributed by atoms with E-state index in [9.17, 15) is 0 Å². The number of nitrogen functional groups attached to an aromatic ring is 1. The van der Waals surface area contributed by atoms with Crippen LogP contribution >= 0.6 is 15.9 Å². The quantitative estimate of drug-likeness (QED) is 0.822. The molecule has 0 atom stereocenters. The average molecular weight is 239 g/mol. The SMILES string of the molecule is Nc1cn(-c2cc(Br)ccn2)cn1. The number of nitrogens with two attached hydrogens (primary N) is 1. The van der Waals surface area contributed by atoms with E-state index < -0.39 is 0 Å². The predicted molar refractivity (Wildman–Crippen MR) is 53.5 cm³/mol. The van der Waals surface area contributed by atoms with Gasteiger partial charge in [0.15, 0.2) is 0 Å². The fraction of sp³-hybridized carbons (Fsp3) is 0. The Kier molecular flexibility index (Phi) is 2.02. The molecule has 66 valence electrons. The maximum absolute atomic E-state index is 5.48. The highest BCUT2D eigenvalue weighted by Gasteiger charge is 1.98. The number of nitrogens with zero attached hydrogens (tertiary/aromatic N) is 3. The Morgan fingerprint density at radius 2 is 2.23 bits per heavy atom. The second kappa shape index (κ2) is 3.18. The molecule has 0 aliphatic heterocycles. The van der Waals surface area contributed by atoms with E-state index >= 15 is 0 Å². The molecule has 0 saturated carbocycles. The number of aromatic nitrogens is 3. The number of halogens is 1. The normalized spacial score (nSPS) is 10.2. The number of hydrogen-bond acceptors (Lipinski definition) is 3. The minimum absolute atomic E-state index is 0.488. The Morgan fingerprint density at radius 3 is 2.85 bits per heavy atom. The average Bonchev–Trinajstić information content (AvgIpc) is 2.52. The number of rotatable bonds is 1. The predicted octanol–water partition coefficient (Wildman–Crippen LogP) is 1.61. The maximum Gasteiger partial charge on any atom is 0.142 e. The molecule has 13 heavy (non-hydrogen) atoms. The van der Waals surface area contributed by atoms with Gasteiger partial charge in [-0.3, -0.25) is 4.57 Å². The van der Waals surface area contributed by atoms with Gasteiger partial charge in [-0.1, -0.05) is 15.9 Å². The van der Waals surface area contributed by atoms with Gasteiger partial charge in [-0.15, -0.1) is 0 Å². The molecular formula is C8H7BrN4. The molecule has 2 heterocycles. The minimum atomic E-state index is 0.488. The fourth-order valence-corrected chi connectivity index (χ4v) is 1.32. The van der Waals surface area contributed by atoms with Gasteiger partial charge in [0.2, 0.25) is 0 Å². The summed E-state index contributed by atoms with van der Waals surface area (Å²) in [7, 11) is 0. The van der Waals surface area contributed by atoms with Gasteiger partial charge < -0.3 is 5.73 Å². The summed E-state index contributed by atoms with van der Waals surface area (Å²) in [4.78, 5) is 8.07. The van der Waals surface area contributed by atoms with Crippen molar-refractivity contribution >= 4 is 21.7 Å². The summed E-state index contributed by atoms with van der Waals surface area (Å²) in [5.74, 6) is 1.28. The van der Waals surface area contributed by atoms with E-state index in [0.29, 0.717) is 5.82 Å². The van der Waals surface area contributed by atoms with E-state index in [4.69, 9.17) is 5.73 Å². The van der Waals surface area contributed by atoms with Crippen LogP contribution in [0.25, 0.3) is 5.82 Å². The van der Waals surface area contributed by atoms with E-state index in [1.165, 1.54) is 0 Å². The zero-order valence-electron chi connectivity index (χ0n) is 6.68. The molecule has 5 heteroatoms. The van der Waals surface area contributed by atoms with E-state index in [-0.39, 0.29) is 0 Å². The third-order valence-electron chi connectivity index (χ3n) is 1.57. The van der Waals surface area contributed by atoms with Crippen LogP contribution < -0.4 is 5.73 Å². The smallest absolute Gasteiger partial charge is 0.142 e. The molecule has 0 bridgehead atoms. The maximum atomic E-state index is 5.48. The van der Waals surface area contributed by atoms with Crippen molar-refractivity contribution in [2.24, 2.45) is 0 Å². The molecule has 0 unspecified atom stereocenters. The molecule has 2 N–H and O–H groups in total. The molecule has 0 aliphatic carbocycles. The lowest BCUT2D eigenvalue weighted by atomic mass is 10.4. The van der Waals surface area contributed by atoms with Crippen LogP contribution in [0.2, 0.25) is 0 Å². The second-order valence-electron chi connectivity index (χ2n) is 2.54. The molecule has 0 amide bonds. The Hall–Kier alpha value is -1.36. The van der Waals surface area contributed by atoms with Crippen molar-refractivity contribution in [2.45, 2.75) is 0 Å². The molecule has 0 spiro atoms. The van der Waals surface area contributed by atoms with Crippen molar-refractivity contribution in [3.8, 4) is 5.82 Å². The lowest BCUT2D eigenvalue weighted by molar-refractivity contribution is 0.991. The Labute approximate surface area is 83.6 Å². The van der Waals surface area contributed by atoms with Gasteiger partial charge in [0.1, 0.15) is 18.0 Å². The molecule has 0 fully saturated rings. The van der Waals surface area contributed by atoms with Gasteiger partial charge in [-0.05, 0) is 12.1 Å². The molecular weight excluding hydrogens is 232 g/mol. The number of pyridine rings is 1. The third-order valence-corrected chi connectivity index (χ3v) is 2.07. The van der Waals surface area contributed by atoms with Crippen molar-refractivity contribution in [1.82, 2.24) is 14.5 Å². The monoisotopic (exact) mass is 238 g/mol. The molecule has 2 rings (SSSR count). The molecule has 0 aromatic carbocycles. The zero-order chi connectivity index (χ0) is 9.26. The lowest BCUT2D eigenvalue weighted by Crippen LogP contribution is -1.93. The first kappa shape index (κ1) is 8.25. The van der Waals surface area contributed by atoms with Crippen molar-refractivity contribution in [3.05, 3.63) is 35.3 Å². The van der Waals surface area contributed by atoms with E-state index in [1.807, 2.05) is 12.1 Å². The van der Waals surface area contributed by atoms with Gasteiger partial charge in [-0.25, -0.2) is 9.97 Å². The van der Waals surface area contributed by atoms with Crippen LogP contribution in [0.1, 0.15) is 0 Å². The summed E-state index contributed by atoms with van der Waals surface area (Å²) < 4.78 is 2.74. The number of imidazole rings is 1. The standard InChI is InChI=1S/C8H7BrN4/c9-6-1-2-11-8(3-6)13-4-7(10)12-5-13/h1-5H,10H2. The van der Waals surface area contributed by atoms with Crippen LogP contribution in [0, 0.1) is 0 Å². The summed E-state index contributed by atoms with van der Waals surface area (Å²) in [6.45, 7) is 0. The Balaban J connectivity index is 2.46. The Bertz CT molecular complexity index is 424.